The molecule has 0 fully saturated rings. The van der Waals surface area contributed by atoms with E-state index in [-0.39, 0.29) is 0 Å². The van der Waals surface area contributed by atoms with E-state index in [4.69, 9.17) is 0 Å². The fraction of sp³-hybridized carbons (Fsp3) is 0.833. The van der Waals surface area contributed by atoms with Gasteiger partial charge in [-0.3, -0.25) is 0 Å². The van der Waals surface area contributed by atoms with Gasteiger partial charge in [0.2, 0.25) is 0 Å². The number of nitrogens with one attached hydrogen (secondary N) is 1. The second-order valence-electron chi connectivity index (χ2n) is 4.00. The van der Waals surface area contributed by atoms with E-state index in [1.165, 1.54) is 12.8 Å². The third-order valence-corrected chi connectivity index (χ3v) is 2.62. The van der Waals surface area contributed by atoms with Crippen LogP contribution in [-0.2, 0) is 0 Å². The van der Waals surface area contributed by atoms with Gasteiger partial charge in [-0.15, -0.1) is 0 Å². The van der Waals surface area contributed by atoms with Crippen LogP contribution in [0.1, 0.15) is 40.5 Å². The Hall–Kier alpha value is -0.300. The third-order valence-electron chi connectivity index (χ3n) is 2.62. The Morgan fingerprint density at radius 2 is 1.77 bits per heavy atom. The van der Waals surface area contributed by atoms with Crippen LogP contribution in [0.15, 0.2) is 11.6 Å². The highest BCUT2D eigenvalue weighted by Crippen LogP contribution is 2.16. The van der Waals surface area contributed by atoms with Crippen LogP contribution in [0.5, 0.6) is 0 Å². The Morgan fingerprint density at radius 1 is 1.23 bits per heavy atom. The minimum absolute atomic E-state index is 0.674. The summed E-state index contributed by atoms with van der Waals surface area (Å²) in [5.74, 6) is 1.44. The van der Waals surface area contributed by atoms with Gasteiger partial charge in [0.15, 0.2) is 0 Å². The van der Waals surface area contributed by atoms with Gasteiger partial charge in [0.05, 0.1) is 0 Å². The molecule has 0 radical (unpaired) electrons. The average Bonchev–Trinajstić information content (AvgIpc) is 2.11. The molecule has 1 nitrogen and oxygen atoms in total. The smallest absolute Gasteiger partial charge is 0.0164 e. The number of hydrogen-bond donors (Lipinski definition) is 1. The average molecular weight is 183 g/mol. The SMILES string of the molecule is CCC(C=C(CNC)C(C)C)CC. The summed E-state index contributed by atoms with van der Waals surface area (Å²) in [6.45, 7) is 10.1. The molecule has 0 saturated heterocycles. The lowest BCUT2D eigenvalue weighted by Crippen LogP contribution is -2.15. The predicted molar refractivity (Wildman–Crippen MR) is 60.9 cm³/mol. The fourth-order valence-electron chi connectivity index (χ4n) is 1.49. The Bertz CT molecular complexity index is 143. The van der Waals surface area contributed by atoms with Crippen molar-refractivity contribution < 1.29 is 0 Å². The zero-order chi connectivity index (χ0) is 10.3. The molecule has 0 spiro atoms. The van der Waals surface area contributed by atoms with Gasteiger partial charge in [-0.2, -0.15) is 0 Å². The third kappa shape index (κ3) is 5.09. The Labute approximate surface area is 83.6 Å². The zero-order valence-electron chi connectivity index (χ0n) is 9.85. The van der Waals surface area contributed by atoms with Gasteiger partial charge in [-0.25, -0.2) is 0 Å². The van der Waals surface area contributed by atoms with Gasteiger partial charge >= 0.3 is 0 Å². The maximum absolute atomic E-state index is 3.23. The summed E-state index contributed by atoms with van der Waals surface area (Å²) in [4.78, 5) is 0. The molecule has 78 valence electrons. The van der Waals surface area contributed by atoms with Crippen LogP contribution in [0.4, 0.5) is 0 Å². The van der Waals surface area contributed by atoms with Crippen LogP contribution in [0.2, 0.25) is 0 Å². The monoisotopic (exact) mass is 183 g/mol. The highest BCUT2D eigenvalue weighted by molar-refractivity contribution is 5.08. The van der Waals surface area contributed by atoms with Crippen molar-refractivity contribution in [3.8, 4) is 0 Å². The highest BCUT2D eigenvalue weighted by atomic mass is 14.8. The molecule has 0 bridgehead atoms. The molecule has 0 amide bonds. The van der Waals surface area contributed by atoms with Gasteiger partial charge in [-0.05, 0) is 31.7 Å². The molecule has 1 heteroatoms. The molecule has 13 heavy (non-hydrogen) atoms. The number of allylic oxidation sites excluding steroid dienone is 1. The summed E-state index contributed by atoms with van der Waals surface area (Å²) < 4.78 is 0. The summed E-state index contributed by atoms with van der Waals surface area (Å²) in [7, 11) is 2.02. The van der Waals surface area contributed by atoms with E-state index >= 15 is 0 Å². The van der Waals surface area contributed by atoms with E-state index in [1.54, 1.807) is 5.57 Å². The van der Waals surface area contributed by atoms with Gasteiger partial charge in [0, 0.05) is 6.54 Å². The summed E-state index contributed by atoms with van der Waals surface area (Å²) in [6, 6.07) is 0. The first-order valence-corrected chi connectivity index (χ1v) is 5.50. The maximum Gasteiger partial charge on any atom is 0.0164 e. The summed E-state index contributed by atoms with van der Waals surface area (Å²) in [6.07, 6.45) is 4.98. The van der Waals surface area contributed by atoms with Crippen LogP contribution in [0, 0.1) is 11.8 Å². The van der Waals surface area contributed by atoms with Gasteiger partial charge in [0.1, 0.15) is 0 Å². The van der Waals surface area contributed by atoms with Gasteiger partial charge in [-0.1, -0.05) is 39.3 Å². The lowest BCUT2D eigenvalue weighted by Gasteiger charge is -2.15. The van der Waals surface area contributed by atoms with Gasteiger partial charge in [0.25, 0.3) is 0 Å². The largest absolute Gasteiger partial charge is 0.316 e. The van der Waals surface area contributed by atoms with Crippen LogP contribution in [0.3, 0.4) is 0 Å². The molecule has 0 heterocycles. The number of likely N-dealkylation sites (N-methyl/N-ethyl adjacent to an activating group) is 1. The van der Waals surface area contributed by atoms with Crippen molar-refractivity contribution in [1.82, 2.24) is 5.32 Å². The molecule has 0 aliphatic rings. The molecule has 0 unspecified atom stereocenters. The Kier molecular flexibility index (Phi) is 6.97. The van der Waals surface area contributed by atoms with Crippen molar-refractivity contribution in [3.63, 3.8) is 0 Å². The number of hydrogen-bond acceptors (Lipinski definition) is 1. The quantitative estimate of drug-likeness (QED) is 0.623. The Balaban J connectivity index is 4.30. The van der Waals surface area contributed by atoms with Crippen molar-refractivity contribution in [2.24, 2.45) is 11.8 Å². The van der Waals surface area contributed by atoms with Crippen LogP contribution < -0.4 is 5.32 Å². The van der Waals surface area contributed by atoms with Crippen molar-refractivity contribution in [3.05, 3.63) is 11.6 Å². The summed E-state index contributed by atoms with van der Waals surface area (Å²) in [5, 5.41) is 3.23. The predicted octanol–water partition coefficient (Wildman–Crippen LogP) is 3.22. The molecular formula is C12H25N. The molecule has 0 aromatic heterocycles. The van der Waals surface area contributed by atoms with Crippen LogP contribution in [0.25, 0.3) is 0 Å². The van der Waals surface area contributed by atoms with E-state index in [1.807, 2.05) is 7.05 Å². The number of rotatable bonds is 6. The maximum atomic E-state index is 3.23. The minimum Gasteiger partial charge on any atom is -0.316 e. The van der Waals surface area contributed by atoms with Crippen molar-refractivity contribution >= 4 is 0 Å². The lowest BCUT2D eigenvalue weighted by molar-refractivity contribution is 0.584. The summed E-state index contributed by atoms with van der Waals surface area (Å²) >= 11 is 0. The standard InChI is InChI=1S/C12H25N/c1-6-11(7-2)8-12(9-13-5)10(3)4/h8,10-11,13H,6-7,9H2,1-5H3. The topological polar surface area (TPSA) is 12.0 Å². The first-order chi connectivity index (χ1) is 6.15. The molecule has 0 aromatic rings. The molecule has 0 atom stereocenters. The lowest BCUT2D eigenvalue weighted by atomic mass is 9.94. The van der Waals surface area contributed by atoms with E-state index < -0.39 is 0 Å². The summed E-state index contributed by atoms with van der Waals surface area (Å²) in [5.41, 5.74) is 1.55. The van der Waals surface area contributed by atoms with E-state index in [0.717, 1.165) is 12.5 Å². The van der Waals surface area contributed by atoms with Crippen molar-refractivity contribution in [1.29, 1.82) is 0 Å². The first kappa shape index (κ1) is 12.7. The second kappa shape index (κ2) is 7.14. The molecule has 0 rings (SSSR count). The fourth-order valence-corrected chi connectivity index (χ4v) is 1.49. The van der Waals surface area contributed by atoms with E-state index in [2.05, 4.69) is 39.1 Å². The zero-order valence-corrected chi connectivity index (χ0v) is 9.85. The van der Waals surface area contributed by atoms with E-state index in [9.17, 15) is 0 Å². The Morgan fingerprint density at radius 3 is 2.08 bits per heavy atom. The molecule has 1 N–H and O–H groups in total. The first-order valence-electron chi connectivity index (χ1n) is 5.50. The molecule has 0 aromatic carbocycles. The van der Waals surface area contributed by atoms with Crippen molar-refractivity contribution in [2.45, 2.75) is 40.5 Å². The minimum atomic E-state index is 0.674. The molecular weight excluding hydrogens is 158 g/mol. The van der Waals surface area contributed by atoms with Crippen LogP contribution >= 0.6 is 0 Å². The normalized spacial score (nSPS) is 13.0. The second-order valence-corrected chi connectivity index (χ2v) is 4.00. The highest BCUT2D eigenvalue weighted by Gasteiger charge is 2.05. The van der Waals surface area contributed by atoms with E-state index in [0.29, 0.717) is 5.92 Å². The molecule has 0 aliphatic heterocycles. The van der Waals surface area contributed by atoms with Crippen LogP contribution in [-0.4, -0.2) is 13.6 Å². The van der Waals surface area contributed by atoms with Crippen molar-refractivity contribution in [2.75, 3.05) is 13.6 Å². The molecule has 0 saturated carbocycles. The van der Waals surface area contributed by atoms with Gasteiger partial charge < -0.3 is 5.32 Å². The molecule has 0 aliphatic carbocycles.